The molecule has 3 aliphatic heterocycles. The van der Waals surface area contributed by atoms with Crippen molar-refractivity contribution in [2.24, 2.45) is 5.92 Å². The van der Waals surface area contributed by atoms with Crippen LogP contribution in [0.4, 0.5) is 4.79 Å². The summed E-state index contributed by atoms with van der Waals surface area (Å²) in [6, 6.07) is 9.81. The van der Waals surface area contributed by atoms with Gasteiger partial charge in [-0.1, -0.05) is 44.2 Å². The summed E-state index contributed by atoms with van der Waals surface area (Å²) in [6.07, 6.45) is 3.35. The highest BCUT2D eigenvalue weighted by Crippen LogP contribution is 2.33. The molecule has 3 fully saturated rings. The first-order valence-electron chi connectivity index (χ1n) is 11.6. The van der Waals surface area contributed by atoms with Gasteiger partial charge < -0.3 is 10.2 Å². The molecule has 3 aliphatic rings. The number of rotatable bonds is 5. The third kappa shape index (κ3) is 4.61. The van der Waals surface area contributed by atoms with Gasteiger partial charge in [0.2, 0.25) is 5.91 Å². The van der Waals surface area contributed by atoms with E-state index >= 15 is 0 Å². The lowest BCUT2D eigenvalue weighted by molar-refractivity contribution is -0.139. The van der Waals surface area contributed by atoms with Gasteiger partial charge in [0.25, 0.3) is 5.91 Å². The van der Waals surface area contributed by atoms with Crippen molar-refractivity contribution in [2.45, 2.75) is 64.1 Å². The Morgan fingerprint density at radius 3 is 2.52 bits per heavy atom. The maximum Gasteiger partial charge on any atom is 0.325 e. The summed E-state index contributed by atoms with van der Waals surface area (Å²) < 4.78 is 0. The molecule has 31 heavy (non-hydrogen) atoms. The number of likely N-dealkylation sites (tertiary alicyclic amines) is 2. The van der Waals surface area contributed by atoms with Gasteiger partial charge in [0, 0.05) is 39.1 Å². The van der Waals surface area contributed by atoms with Crippen molar-refractivity contribution >= 4 is 17.8 Å². The molecule has 0 radical (unpaired) electrons. The quantitative estimate of drug-likeness (QED) is 0.735. The highest BCUT2D eigenvalue weighted by molar-refractivity contribution is 6.07. The molecule has 3 heterocycles. The Morgan fingerprint density at radius 2 is 1.84 bits per heavy atom. The van der Waals surface area contributed by atoms with Crippen LogP contribution in [-0.2, 0) is 16.1 Å². The van der Waals surface area contributed by atoms with Crippen LogP contribution in [0.25, 0.3) is 0 Å². The van der Waals surface area contributed by atoms with E-state index in [0.29, 0.717) is 38.3 Å². The zero-order chi connectivity index (χ0) is 22.0. The van der Waals surface area contributed by atoms with Crippen LogP contribution in [0.3, 0.4) is 0 Å². The third-order valence-corrected chi connectivity index (χ3v) is 6.85. The number of benzene rings is 1. The molecule has 7 nitrogen and oxygen atoms in total. The van der Waals surface area contributed by atoms with Gasteiger partial charge in [-0.25, -0.2) is 4.79 Å². The Kier molecular flexibility index (Phi) is 6.32. The SMILES string of the molecule is CC(C)CC(=O)N1CCC[C@@H](N2C(=O)NC3(CCN(Cc4ccccc4)CC3)C2=O)C1. The highest BCUT2D eigenvalue weighted by atomic mass is 16.2. The van der Waals surface area contributed by atoms with Gasteiger partial charge in [-0.05, 0) is 37.2 Å². The summed E-state index contributed by atoms with van der Waals surface area (Å²) in [5.41, 5.74) is 0.476. The second-order valence-electron chi connectivity index (χ2n) is 9.68. The molecule has 7 heteroatoms. The fraction of sp³-hybridized carbons (Fsp3) is 0.625. The zero-order valence-corrected chi connectivity index (χ0v) is 18.7. The van der Waals surface area contributed by atoms with Crippen LogP contribution in [0.5, 0.6) is 0 Å². The molecule has 0 aliphatic carbocycles. The van der Waals surface area contributed by atoms with Crippen LogP contribution in [0.15, 0.2) is 30.3 Å². The number of nitrogens with one attached hydrogen (secondary N) is 1. The Balaban J connectivity index is 1.38. The van der Waals surface area contributed by atoms with Gasteiger partial charge in [0.05, 0.1) is 6.04 Å². The lowest BCUT2D eigenvalue weighted by Crippen LogP contribution is -2.56. The van der Waals surface area contributed by atoms with Crippen molar-refractivity contribution in [3.8, 4) is 0 Å². The molecule has 168 valence electrons. The van der Waals surface area contributed by atoms with Gasteiger partial charge in [-0.15, -0.1) is 0 Å². The van der Waals surface area contributed by atoms with E-state index in [1.54, 1.807) is 0 Å². The average molecular weight is 427 g/mol. The van der Waals surface area contributed by atoms with Crippen molar-refractivity contribution < 1.29 is 14.4 Å². The van der Waals surface area contributed by atoms with Gasteiger partial charge in [-0.2, -0.15) is 0 Å². The second kappa shape index (κ2) is 8.99. The van der Waals surface area contributed by atoms with Gasteiger partial charge in [0.15, 0.2) is 0 Å². The molecule has 1 spiro atoms. The number of amides is 4. The van der Waals surface area contributed by atoms with Gasteiger partial charge >= 0.3 is 6.03 Å². The Bertz CT molecular complexity index is 817. The topological polar surface area (TPSA) is 73.0 Å². The normalized spacial score (nSPS) is 24.2. The van der Waals surface area contributed by atoms with Gasteiger partial charge in [0.1, 0.15) is 5.54 Å². The first-order valence-corrected chi connectivity index (χ1v) is 11.6. The lowest BCUT2D eigenvalue weighted by Gasteiger charge is -2.39. The standard InChI is InChI=1S/C24H34N4O3/c1-18(2)15-21(29)27-12-6-9-20(17-27)28-22(30)24(25-23(28)31)10-13-26(14-11-24)16-19-7-4-3-5-8-19/h3-5,7-8,18,20H,6,9-17H2,1-2H3,(H,25,31)/t20-/m1/s1. The number of hydrogen-bond donors (Lipinski definition) is 1. The molecule has 4 rings (SSSR count). The van der Waals surface area contributed by atoms with E-state index in [2.05, 4.69) is 22.3 Å². The minimum absolute atomic E-state index is 0.0972. The number of carbonyl (C=O) groups excluding carboxylic acids is 3. The van der Waals surface area contributed by atoms with Crippen LogP contribution in [0, 0.1) is 5.92 Å². The summed E-state index contributed by atoms with van der Waals surface area (Å²) in [5.74, 6) is 0.324. The maximum absolute atomic E-state index is 13.4. The van der Waals surface area contributed by atoms with E-state index in [4.69, 9.17) is 0 Å². The number of piperidine rings is 2. The Labute approximate surface area is 184 Å². The van der Waals surface area contributed by atoms with E-state index in [0.717, 1.165) is 32.5 Å². The first-order chi connectivity index (χ1) is 14.9. The summed E-state index contributed by atoms with van der Waals surface area (Å²) >= 11 is 0. The van der Waals surface area contributed by atoms with Gasteiger partial charge in [-0.3, -0.25) is 19.4 Å². The molecule has 1 atom stereocenters. The van der Waals surface area contributed by atoms with Crippen LogP contribution < -0.4 is 5.32 Å². The molecule has 4 amide bonds. The first kappa shape index (κ1) is 21.8. The van der Waals surface area contributed by atoms with Crippen LogP contribution in [0.2, 0.25) is 0 Å². The van der Waals surface area contributed by atoms with Crippen molar-refractivity contribution in [1.29, 1.82) is 0 Å². The summed E-state index contributed by atoms with van der Waals surface area (Å²) in [5, 5.41) is 3.03. The van der Waals surface area contributed by atoms with Crippen LogP contribution >= 0.6 is 0 Å². The second-order valence-corrected chi connectivity index (χ2v) is 9.68. The molecule has 0 unspecified atom stereocenters. The summed E-state index contributed by atoms with van der Waals surface area (Å²) in [6.45, 7) is 7.65. The van der Waals surface area contributed by atoms with Crippen molar-refractivity contribution in [1.82, 2.24) is 20.0 Å². The van der Waals surface area contributed by atoms with Crippen molar-refractivity contribution in [3.63, 3.8) is 0 Å². The summed E-state index contributed by atoms with van der Waals surface area (Å²) in [4.78, 5) is 44.4. The van der Waals surface area contributed by atoms with Crippen molar-refractivity contribution in [2.75, 3.05) is 26.2 Å². The minimum atomic E-state index is -0.783. The van der Waals surface area contributed by atoms with E-state index < -0.39 is 5.54 Å². The number of hydrogen-bond acceptors (Lipinski definition) is 4. The average Bonchev–Trinajstić information content (AvgIpc) is 2.99. The van der Waals surface area contributed by atoms with E-state index in [-0.39, 0.29) is 23.9 Å². The molecular formula is C24H34N4O3. The van der Waals surface area contributed by atoms with E-state index in [1.165, 1.54) is 10.5 Å². The van der Waals surface area contributed by atoms with E-state index in [1.807, 2.05) is 36.9 Å². The molecule has 0 aromatic heterocycles. The molecule has 1 aromatic rings. The molecule has 1 aromatic carbocycles. The number of urea groups is 1. The fourth-order valence-corrected chi connectivity index (χ4v) is 5.12. The van der Waals surface area contributed by atoms with E-state index in [9.17, 15) is 14.4 Å². The largest absolute Gasteiger partial charge is 0.341 e. The maximum atomic E-state index is 13.4. The highest BCUT2D eigenvalue weighted by Gasteiger charge is 2.54. The smallest absolute Gasteiger partial charge is 0.325 e. The Morgan fingerprint density at radius 1 is 1.13 bits per heavy atom. The minimum Gasteiger partial charge on any atom is -0.341 e. The van der Waals surface area contributed by atoms with Crippen LogP contribution in [0.1, 0.15) is 51.5 Å². The number of carbonyl (C=O) groups is 3. The third-order valence-electron chi connectivity index (χ3n) is 6.85. The predicted molar refractivity (Wildman–Crippen MR) is 118 cm³/mol. The lowest BCUT2D eigenvalue weighted by atomic mass is 9.87. The fourth-order valence-electron chi connectivity index (χ4n) is 5.12. The molecular weight excluding hydrogens is 392 g/mol. The monoisotopic (exact) mass is 426 g/mol. The molecule has 0 saturated carbocycles. The number of imide groups is 1. The van der Waals surface area contributed by atoms with Crippen molar-refractivity contribution in [3.05, 3.63) is 35.9 Å². The predicted octanol–water partition coefficient (Wildman–Crippen LogP) is 2.61. The van der Waals surface area contributed by atoms with Crippen LogP contribution in [-0.4, -0.2) is 70.3 Å². The molecule has 3 saturated heterocycles. The Hall–Kier alpha value is -2.41. The molecule has 0 bridgehead atoms. The molecule has 1 N–H and O–H groups in total. The summed E-state index contributed by atoms with van der Waals surface area (Å²) in [7, 11) is 0. The zero-order valence-electron chi connectivity index (χ0n) is 18.7. The number of nitrogens with zero attached hydrogens (tertiary/aromatic N) is 3.